The van der Waals surface area contributed by atoms with E-state index in [1.54, 1.807) is 77.2 Å². The van der Waals surface area contributed by atoms with Crippen molar-refractivity contribution in [2.24, 2.45) is 0 Å². The van der Waals surface area contributed by atoms with Crippen molar-refractivity contribution in [1.29, 1.82) is 0 Å². The summed E-state index contributed by atoms with van der Waals surface area (Å²) in [5, 5.41) is 26.9. The number of hydrogen-bond donors (Lipinski definition) is 2. The van der Waals surface area contributed by atoms with Gasteiger partial charge in [-0.1, -0.05) is 70.4 Å². The number of halogens is 1. The van der Waals surface area contributed by atoms with Crippen LogP contribution in [0.5, 0.6) is 11.5 Å². The molecule has 376 valence electrons. The standard InChI is InChI=1S/C10H9NO.2C10H8NO.2C9H8N2O.CH4.CH3.BH4.ClH.3Co.2Ir.2Na/c3*1-8-11-10(7-12-8)9-5-3-2-4-6-9;2*12-9-5-2-1-4-8(9)11-7-3-6-10-11;;;;;;;;;;;/h2-7H,1H3;2*2-5,7H,1H3;2*1-7,12H;1H4;1H3;1H4;1H;;;;;;;/q;2*-1;;;;2*-1;;;;;;+3;;/p-1. The molecular weight excluding hydrogens is 1430 g/mol. The zero-order chi connectivity index (χ0) is 45.9. The van der Waals surface area contributed by atoms with E-state index in [0.29, 0.717) is 29.0 Å². The Morgan fingerprint density at radius 1 is 0.521 bits per heavy atom. The SMILES string of the molecule is C.Cc1nc(-c2[c-]cccc2)co1.Cc1nc(-c2[c-]cccc2)co1.Cc1nc(-c2ccccc2)co1.Oc1ccccc1-n1cccn1.Oc1ccccc1-n1cccn1.[BH4-].[CH3-].[Cl][Ir+2].[Co].[Co].[Co].[Ir].[Na][Na]. The van der Waals surface area contributed by atoms with E-state index < -0.39 is 0 Å². The van der Waals surface area contributed by atoms with Crippen molar-refractivity contribution in [2.75, 3.05) is 0 Å². The molecule has 5 heterocycles. The first-order valence-corrected chi connectivity index (χ1v) is 30.8. The fraction of sp³-hybridized carbons (Fsp3) is 0.0800. The summed E-state index contributed by atoms with van der Waals surface area (Å²) >= 11 is 4.36. The Morgan fingerprint density at radius 3 is 1.15 bits per heavy atom. The third-order valence-corrected chi connectivity index (χ3v) is 8.16. The van der Waals surface area contributed by atoms with E-state index in [1.807, 2.05) is 136 Å². The average molecular weight is 1480 g/mol. The van der Waals surface area contributed by atoms with Crippen LogP contribution < -0.4 is 0 Å². The van der Waals surface area contributed by atoms with Crippen LogP contribution in [-0.2, 0) is 88.3 Å². The van der Waals surface area contributed by atoms with Gasteiger partial charge in [-0.25, -0.2) is 14.3 Å². The van der Waals surface area contributed by atoms with Crippen LogP contribution in [0.3, 0.4) is 0 Å². The van der Waals surface area contributed by atoms with Crippen LogP contribution in [0.25, 0.3) is 45.1 Å². The molecular formula is C50H52BClCo3Ir2N7Na2O5-2. The third-order valence-electron chi connectivity index (χ3n) is 8.16. The molecule has 0 aliphatic rings. The summed E-state index contributed by atoms with van der Waals surface area (Å²) in [7, 11) is 4.64. The van der Waals surface area contributed by atoms with Crippen LogP contribution in [0.2, 0.25) is 0 Å². The molecule has 4 radical (unpaired) electrons. The zero-order valence-electron chi connectivity index (χ0n) is 38.1. The molecule has 0 saturated carbocycles. The number of rotatable bonds is 5. The molecule has 0 atom stereocenters. The number of oxazole rings is 3. The summed E-state index contributed by atoms with van der Waals surface area (Å²) in [6.07, 6.45) is 11.9. The molecule has 0 bridgehead atoms. The molecule has 12 nitrogen and oxygen atoms in total. The van der Waals surface area contributed by atoms with Crippen LogP contribution >= 0.6 is 9.58 Å². The van der Waals surface area contributed by atoms with Gasteiger partial charge in [-0.05, 0) is 36.4 Å². The van der Waals surface area contributed by atoms with Gasteiger partial charge >= 0.3 is 71.1 Å². The van der Waals surface area contributed by atoms with E-state index in [-0.39, 0.29) is 105 Å². The Hall–Kier alpha value is -3.08. The molecule has 0 spiro atoms. The number of para-hydroxylation sites is 4. The normalized spacial score (nSPS) is 8.69. The summed E-state index contributed by atoms with van der Waals surface area (Å²) in [4.78, 5) is 12.6. The second-order valence-electron chi connectivity index (χ2n) is 12.6. The van der Waals surface area contributed by atoms with E-state index in [0.717, 1.165) is 33.8 Å². The number of aromatic hydroxyl groups is 2. The quantitative estimate of drug-likeness (QED) is 0.126. The zero-order valence-corrected chi connectivity index (χ0v) is 50.8. The molecule has 2 N–H and O–H groups in total. The molecule has 10 rings (SSSR count). The van der Waals surface area contributed by atoms with E-state index in [9.17, 15) is 10.2 Å². The van der Waals surface area contributed by atoms with Crippen molar-refractivity contribution in [3.63, 3.8) is 0 Å². The minimum atomic E-state index is 0. The molecule has 5 aromatic heterocycles. The summed E-state index contributed by atoms with van der Waals surface area (Å²) in [6, 6.07) is 49.3. The van der Waals surface area contributed by atoms with Gasteiger partial charge in [0.1, 0.15) is 34.8 Å². The maximum atomic E-state index is 9.42. The van der Waals surface area contributed by atoms with Gasteiger partial charge in [-0.2, -0.15) is 10.2 Å². The summed E-state index contributed by atoms with van der Waals surface area (Å²) < 4.78 is 18.5. The van der Waals surface area contributed by atoms with E-state index in [4.69, 9.17) is 13.3 Å². The first kappa shape index (κ1) is 74.4. The van der Waals surface area contributed by atoms with Gasteiger partial charge in [0.15, 0.2) is 17.7 Å². The summed E-state index contributed by atoms with van der Waals surface area (Å²) in [6.45, 7) is 5.49. The van der Waals surface area contributed by atoms with Crippen LogP contribution in [-0.4, -0.2) is 96.8 Å². The summed E-state index contributed by atoms with van der Waals surface area (Å²) in [5.74, 6) is 2.54. The van der Waals surface area contributed by atoms with Gasteiger partial charge < -0.3 is 30.9 Å². The molecule has 0 saturated heterocycles. The molecule has 0 amide bonds. The monoisotopic (exact) mass is 1490 g/mol. The number of aryl methyl sites for hydroxylation is 3. The Bertz CT molecular complexity index is 2510. The molecule has 21 heteroatoms. The van der Waals surface area contributed by atoms with E-state index >= 15 is 0 Å². The van der Waals surface area contributed by atoms with Gasteiger partial charge in [-0.15, -0.1) is 71.8 Å². The van der Waals surface area contributed by atoms with Crippen molar-refractivity contribution in [3.8, 4) is 56.6 Å². The van der Waals surface area contributed by atoms with E-state index in [2.05, 4.69) is 46.9 Å². The van der Waals surface area contributed by atoms with Crippen molar-refractivity contribution in [2.45, 2.75) is 28.2 Å². The van der Waals surface area contributed by atoms with Crippen molar-refractivity contribution in [3.05, 3.63) is 220 Å². The topological polar surface area (TPSA) is 154 Å². The molecule has 0 unspecified atom stereocenters. The second-order valence-corrected chi connectivity index (χ2v) is 12.6. The predicted molar refractivity (Wildman–Crippen MR) is 270 cm³/mol. The third kappa shape index (κ3) is 26.1. The number of phenolic OH excluding ortho intramolecular Hbond substituents is 2. The minimum absolute atomic E-state index is 0. The van der Waals surface area contributed by atoms with Crippen LogP contribution in [0, 0.1) is 40.3 Å². The van der Waals surface area contributed by atoms with E-state index in [1.165, 1.54) is 61.5 Å². The van der Waals surface area contributed by atoms with Gasteiger partial charge in [0.05, 0.1) is 12.5 Å². The molecule has 71 heavy (non-hydrogen) atoms. The Kier molecular flexibility index (Phi) is 45.4. The predicted octanol–water partition coefficient (Wildman–Crippen LogP) is 10.3. The first-order valence-electron chi connectivity index (χ1n) is 19.8. The maximum absolute atomic E-state index is 9.42. The number of hydrogen-bond acceptors (Lipinski definition) is 10. The van der Waals surface area contributed by atoms with Crippen LogP contribution in [0.1, 0.15) is 25.1 Å². The van der Waals surface area contributed by atoms with Crippen molar-refractivity contribution in [1.82, 2.24) is 34.5 Å². The number of nitrogens with zero attached hydrogens (tertiary/aromatic N) is 7. The second kappa shape index (κ2) is 43.3. The van der Waals surface area contributed by atoms with Crippen molar-refractivity contribution >= 4 is 61.6 Å². The van der Waals surface area contributed by atoms with Gasteiger partial charge in [0.25, 0.3) is 0 Å². The Labute approximate surface area is 506 Å². The fourth-order valence-corrected chi connectivity index (χ4v) is 5.32. The molecule has 5 aromatic carbocycles. The van der Waals surface area contributed by atoms with Gasteiger partial charge in [0, 0.05) is 133 Å². The van der Waals surface area contributed by atoms with Gasteiger partial charge in [-0.3, -0.25) is 9.97 Å². The number of phenols is 2. The average Bonchev–Trinajstić information content (AvgIpc) is 4.23. The van der Waals surface area contributed by atoms with Gasteiger partial charge in [0.2, 0.25) is 0 Å². The Morgan fingerprint density at radius 2 is 0.859 bits per heavy atom. The molecule has 0 aliphatic heterocycles. The van der Waals surface area contributed by atoms with Crippen LogP contribution in [0.15, 0.2) is 196 Å². The summed E-state index contributed by atoms with van der Waals surface area (Å²) in [5.41, 5.74) is 7.00. The Balaban J connectivity index is -0.000000379. The molecule has 10 aromatic rings. The van der Waals surface area contributed by atoms with Crippen LogP contribution in [0.4, 0.5) is 0 Å². The molecule has 0 aliphatic carbocycles. The number of aromatic nitrogens is 7. The molecule has 0 fully saturated rings. The first-order chi connectivity index (χ1) is 31.3. The van der Waals surface area contributed by atoms with Crippen molar-refractivity contribution < 1.29 is 112 Å². The number of benzene rings is 5. The fourth-order valence-electron chi connectivity index (χ4n) is 5.32.